The van der Waals surface area contributed by atoms with Crippen molar-refractivity contribution in [3.63, 3.8) is 0 Å². The van der Waals surface area contributed by atoms with E-state index in [-0.39, 0.29) is 0 Å². The first kappa shape index (κ1) is 30.9. The molecule has 1 N–H and O–H groups in total. The van der Waals surface area contributed by atoms with E-state index in [9.17, 15) is 4.89 Å². The van der Waals surface area contributed by atoms with E-state index in [4.69, 9.17) is 5.10 Å². The van der Waals surface area contributed by atoms with Gasteiger partial charge in [0.2, 0.25) is 7.49 Å². The summed E-state index contributed by atoms with van der Waals surface area (Å²) in [4.78, 5) is 12.4. The Hall–Kier alpha value is -6.12. The largest absolute Gasteiger partial charge is 0.238 e. The molecule has 8 aromatic carbocycles. The highest BCUT2D eigenvalue weighted by atomic mass is 31.2. The van der Waals surface area contributed by atoms with Gasteiger partial charge in [-0.25, -0.2) is 9.58 Å². The monoisotopic (exact) mass is 673 g/mol. The fraction of sp³-hybridized carbons (Fsp3) is 0. The molecule has 1 heterocycles. The van der Waals surface area contributed by atoms with Crippen molar-refractivity contribution in [2.75, 3.05) is 0 Å². The molecule has 0 fully saturated rings. The summed E-state index contributed by atoms with van der Waals surface area (Å²) in [5.41, 5.74) is 8.64. The molecule has 9 rings (SSSR count). The molecule has 1 aromatic heterocycles. The van der Waals surface area contributed by atoms with Gasteiger partial charge in [0.1, 0.15) is 21.6 Å². The summed E-state index contributed by atoms with van der Waals surface area (Å²) in [6.07, 6.45) is 0. The maximum atomic E-state index is 12.4. The molecule has 0 saturated carbocycles. The molecule has 0 atom stereocenters. The number of hydrogen-bond acceptors (Lipinski definition) is 2. The van der Waals surface area contributed by atoms with Crippen LogP contribution in [0, 0.1) is 0 Å². The lowest BCUT2D eigenvalue weighted by atomic mass is 9.94. The molecule has 0 radical (unpaired) electrons. The van der Waals surface area contributed by atoms with Gasteiger partial charge < -0.3 is 0 Å². The molecule has 0 unspecified atom stereocenters. The van der Waals surface area contributed by atoms with Gasteiger partial charge in [0.15, 0.2) is 0 Å². The molecule has 0 bridgehead atoms. The van der Waals surface area contributed by atoms with Gasteiger partial charge >= 0.3 is 0 Å². The van der Waals surface area contributed by atoms with E-state index in [1.54, 1.807) is 0 Å². The van der Waals surface area contributed by atoms with Gasteiger partial charge in [0, 0.05) is 16.3 Å². The summed E-state index contributed by atoms with van der Waals surface area (Å²) < 4.78 is 2.11. The molecule has 4 heteroatoms. The number of fused-ring (bicyclic) bond motifs is 3. The minimum absolute atomic E-state index is 0.929. The number of nitrogens with zero attached hydrogens (tertiary/aromatic N) is 2. The Morgan fingerprint density at radius 1 is 0.431 bits per heavy atom. The molecule has 0 aliphatic heterocycles. The average molecular weight is 674 g/mol. The fourth-order valence-corrected chi connectivity index (χ4v) is 9.90. The van der Waals surface area contributed by atoms with Crippen LogP contribution in [0.4, 0.5) is 0 Å². The molecule has 51 heavy (non-hydrogen) atoms. The molecular weight excluding hydrogens is 640 g/mol. The lowest BCUT2D eigenvalue weighted by Gasteiger charge is -2.20. The predicted molar refractivity (Wildman–Crippen MR) is 216 cm³/mol. The highest BCUT2D eigenvalue weighted by Gasteiger charge is 2.44. The Morgan fingerprint density at radius 3 is 1.49 bits per heavy atom. The van der Waals surface area contributed by atoms with Crippen molar-refractivity contribution >= 4 is 45.1 Å². The van der Waals surface area contributed by atoms with E-state index < -0.39 is 7.49 Å². The molecule has 0 aliphatic rings. The van der Waals surface area contributed by atoms with Gasteiger partial charge in [-0.05, 0) is 82.2 Å². The maximum Gasteiger partial charge on any atom is 0.238 e. The highest BCUT2D eigenvalue weighted by Crippen LogP contribution is 2.51. The van der Waals surface area contributed by atoms with Gasteiger partial charge in [-0.1, -0.05) is 146 Å². The van der Waals surface area contributed by atoms with Crippen LogP contribution >= 0.6 is 7.49 Å². The van der Waals surface area contributed by atoms with E-state index in [1.165, 1.54) is 10.9 Å². The van der Waals surface area contributed by atoms with Crippen molar-refractivity contribution in [3.8, 4) is 39.2 Å². The number of aromatic nitrogens is 2. The smallest absolute Gasteiger partial charge is 0.235 e. The second-order valence-electron chi connectivity index (χ2n) is 12.8. The van der Waals surface area contributed by atoms with Crippen LogP contribution in [0.1, 0.15) is 0 Å². The van der Waals surface area contributed by atoms with E-state index in [1.807, 2.05) is 66.7 Å². The third kappa shape index (κ3) is 5.45. The fourth-order valence-electron chi connectivity index (χ4n) is 7.22. The lowest BCUT2D eigenvalue weighted by molar-refractivity contribution is 0.633. The van der Waals surface area contributed by atoms with Crippen LogP contribution in [0.15, 0.2) is 200 Å². The van der Waals surface area contributed by atoms with Crippen molar-refractivity contribution in [2.24, 2.45) is 0 Å². The van der Waals surface area contributed by atoms with Crippen molar-refractivity contribution in [2.45, 2.75) is 0 Å². The van der Waals surface area contributed by atoms with Gasteiger partial charge in [-0.2, -0.15) is 5.10 Å². The first-order valence-electron chi connectivity index (χ1n) is 17.2. The zero-order valence-electron chi connectivity index (χ0n) is 27.8. The molecule has 0 aliphatic carbocycles. The van der Waals surface area contributed by atoms with Crippen LogP contribution in [-0.2, 0) is 0 Å². The molecule has 9 aromatic rings. The topological polar surface area (TPSA) is 38.0 Å². The van der Waals surface area contributed by atoms with Gasteiger partial charge in [-0.3, -0.25) is 0 Å². The van der Waals surface area contributed by atoms with Crippen molar-refractivity contribution in [1.82, 2.24) is 9.78 Å². The van der Waals surface area contributed by atoms with E-state index in [0.717, 1.165) is 65.8 Å². The van der Waals surface area contributed by atoms with Crippen LogP contribution in [0.25, 0.3) is 60.9 Å². The Bertz CT molecular complexity index is 2560. The molecule has 0 saturated heterocycles. The molecule has 0 amide bonds. The molecule has 0 spiro atoms. The Balaban J connectivity index is 1.16. The number of benzene rings is 8. The quantitative estimate of drug-likeness (QED) is 0.171. The molecule has 3 nitrogen and oxygen atoms in total. The second kappa shape index (κ2) is 13.0. The summed E-state index contributed by atoms with van der Waals surface area (Å²) in [6.45, 7) is 0. The summed E-state index contributed by atoms with van der Waals surface area (Å²) in [7, 11) is -2.79. The van der Waals surface area contributed by atoms with Crippen LogP contribution in [0.5, 0.6) is 0 Å². The zero-order valence-corrected chi connectivity index (χ0v) is 28.7. The number of rotatable bonds is 7. The van der Waals surface area contributed by atoms with E-state index in [2.05, 4.69) is 138 Å². The first-order valence-corrected chi connectivity index (χ1v) is 18.9. The van der Waals surface area contributed by atoms with Crippen LogP contribution < -0.4 is 15.9 Å². The van der Waals surface area contributed by atoms with Crippen LogP contribution in [0.2, 0.25) is 0 Å². The van der Waals surface area contributed by atoms with Crippen LogP contribution in [0.3, 0.4) is 0 Å². The Morgan fingerprint density at radius 2 is 0.902 bits per heavy atom. The SMILES string of the molecule is O[P+](c1ccccc1)(c1ccccc1)c1ccc(-c2ccc(-n3nc(-c4ccccc4)c4c(-c5ccccc5)cc5ccccc5c43)cc2)cc1. The summed E-state index contributed by atoms with van der Waals surface area (Å²) in [5.74, 6) is 0. The normalized spacial score (nSPS) is 11.6. The third-order valence-electron chi connectivity index (χ3n) is 9.75. The highest BCUT2D eigenvalue weighted by molar-refractivity contribution is 7.91. The first-order chi connectivity index (χ1) is 25.2. The maximum absolute atomic E-state index is 12.4. The summed E-state index contributed by atoms with van der Waals surface area (Å²) in [5, 5.41) is 11.6. The Kier molecular flexibility index (Phi) is 7.86. The predicted octanol–water partition coefficient (Wildman–Crippen LogP) is 10.4. The minimum Gasteiger partial charge on any atom is -0.235 e. The zero-order chi connectivity index (χ0) is 34.2. The van der Waals surface area contributed by atoms with Gasteiger partial charge in [-0.15, -0.1) is 0 Å². The van der Waals surface area contributed by atoms with Crippen LogP contribution in [-0.4, -0.2) is 14.7 Å². The molecular formula is C47H34N2OP+. The standard InChI is InChI=1S/C47H34N2OP/c50-51(40-20-9-3-10-21-40,41-22-11-4-12-23-41)42-31-27-35(28-32-42)34-25-29-39(30-26-34)49-47-43-24-14-13-19-38(43)33-44(36-15-5-1-6-16-36)45(47)46(48-49)37-17-7-2-8-18-37/h1-33,50H/q+1. The van der Waals surface area contributed by atoms with E-state index in [0.29, 0.717) is 0 Å². The molecule has 242 valence electrons. The lowest BCUT2D eigenvalue weighted by Crippen LogP contribution is -2.30. The Labute approximate surface area is 298 Å². The van der Waals surface area contributed by atoms with Gasteiger partial charge in [0.05, 0.1) is 11.2 Å². The third-order valence-corrected chi connectivity index (χ3v) is 12.9. The summed E-state index contributed by atoms with van der Waals surface area (Å²) >= 11 is 0. The minimum atomic E-state index is -2.79. The van der Waals surface area contributed by atoms with Gasteiger partial charge in [0.25, 0.3) is 0 Å². The van der Waals surface area contributed by atoms with Crippen molar-refractivity contribution in [1.29, 1.82) is 0 Å². The number of hydrogen-bond donors (Lipinski definition) is 1. The van der Waals surface area contributed by atoms with E-state index >= 15 is 0 Å². The second-order valence-corrected chi connectivity index (χ2v) is 15.6. The average Bonchev–Trinajstić information content (AvgIpc) is 3.63. The van der Waals surface area contributed by atoms with Crippen molar-refractivity contribution in [3.05, 3.63) is 200 Å². The summed E-state index contributed by atoms with van der Waals surface area (Å²) in [6, 6.07) is 69.1. The van der Waals surface area contributed by atoms with Crippen molar-refractivity contribution < 1.29 is 4.89 Å².